The van der Waals surface area contributed by atoms with E-state index in [1.165, 1.54) is 21.6 Å². The molecule has 26 heavy (non-hydrogen) atoms. The van der Waals surface area contributed by atoms with E-state index in [2.05, 4.69) is 30.7 Å². The lowest BCUT2D eigenvalue weighted by molar-refractivity contribution is 0.0977. The summed E-state index contributed by atoms with van der Waals surface area (Å²) in [5, 5.41) is 22.2. The van der Waals surface area contributed by atoms with E-state index < -0.39 is 0 Å². The average Bonchev–Trinajstić information content (AvgIpc) is 2.64. The Bertz CT molecular complexity index is 405. The second kappa shape index (κ2) is 12.6. The summed E-state index contributed by atoms with van der Waals surface area (Å²) in [6, 6.07) is 0. The summed E-state index contributed by atoms with van der Waals surface area (Å²) in [5.74, 6) is 0. The van der Waals surface area contributed by atoms with Gasteiger partial charge in [0.1, 0.15) is 0 Å². The molecule has 12 heteroatoms. The smallest absolute Gasteiger partial charge is 0.159 e. The van der Waals surface area contributed by atoms with Crippen molar-refractivity contribution in [1.82, 2.24) is 30.7 Å². The number of thiocarbonyl (C=S) groups is 2. The van der Waals surface area contributed by atoms with E-state index in [0.717, 1.165) is 65.4 Å². The van der Waals surface area contributed by atoms with Crippen LogP contribution < -0.4 is 10.9 Å². The Labute approximate surface area is 174 Å². The first-order valence-corrected chi connectivity index (χ1v) is 11.7. The van der Waals surface area contributed by atoms with Gasteiger partial charge in [-0.05, 0) is 21.6 Å². The van der Waals surface area contributed by atoms with Crippen LogP contribution in [-0.4, -0.2) is 117 Å². The summed E-state index contributed by atoms with van der Waals surface area (Å²) in [6.07, 6.45) is 0. The molecule has 8 nitrogen and oxygen atoms in total. The van der Waals surface area contributed by atoms with Crippen molar-refractivity contribution < 1.29 is 10.2 Å². The number of β-amino-alcohol motifs (C(OH)–C–C–N with tert-alkyl or cyclic N) is 2. The molecule has 2 fully saturated rings. The quantitative estimate of drug-likeness (QED) is 0.307. The van der Waals surface area contributed by atoms with Crippen LogP contribution in [0.1, 0.15) is 0 Å². The van der Waals surface area contributed by atoms with Crippen LogP contribution in [0, 0.1) is 0 Å². The molecular weight excluding hydrogens is 412 g/mol. The normalized spacial score (nSPS) is 20.8. The number of aliphatic hydroxyl groups is 2. The molecule has 4 N–H and O–H groups in total. The van der Waals surface area contributed by atoms with Gasteiger partial charge in [0.25, 0.3) is 0 Å². The van der Waals surface area contributed by atoms with Crippen LogP contribution in [0.5, 0.6) is 0 Å². The van der Waals surface area contributed by atoms with E-state index in [9.17, 15) is 0 Å². The lowest BCUT2D eigenvalue weighted by Gasteiger charge is -2.35. The number of piperazine rings is 2. The van der Waals surface area contributed by atoms with Gasteiger partial charge in [0.15, 0.2) is 8.64 Å². The molecule has 0 amide bonds. The molecule has 0 atom stereocenters. The van der Waals surface area contributed by atoms with Crippen LogP contribution in [0.15, 0.2) is 0 Å². The minimum Gasteiger partial charge on any atom is -0.395 e. The molecule has 0 bridgehead atoms. The zero-order valence-electron chi connectivity index (χ0n) is 14.8. The van der Waals surface area contributed by atoms with E-state index in [4.69, 9.17) is 34.6 Å². The lowest BCUT2D eigenvalue weighted by Crippen LogP contribution is -2.53. The first-order valence-electron chi connectivity index (χ1n) is 8.73. The van der Waals surface area contributed by atoms with Crippen molar-refractivity contribution >= 4 is 54.7 Å². The molecule has 0 saturated carbocycles. The molecule has 2 rings (SSSR count). The summed E-state index contributed by atoms with van der Waals surface area (Å²) in [6.45, 7) is 9.11. The Kier molecular flexibility index (Phi) is 11.0. The van der Waals surface area contributed by atoms with Crippen molar-refractivity contribution in [1.29, 1.82) is 0 Å². The van der Waals surface area contributed by atoms with Crippen LogP contribution in [-0.2, 0) is 0 Å². The van der Waals surface area contributed by atoms with Gasteiger partial charge < -0.3 is 21.1 Å². The molecule has 0 aromatic rings. The van der Waals surface area contributed by atoms with Crippen molar-refractivity contribution in [2.75, 3.05) is 78.7 Å². The third-order valence-corrected chi connectivity index (χ3v) is 7.40. The summed E-state index contributed by atoms with van der Waals surface area (Å²) in [4.78, 5) is 4.48. The van der Waals surface area contributed by atoms with Gasteiger partial charge in [-0.1, -0.05) is 24.4 Å². The second-order valence-corrected chi connectivity index (χ2v) is 9.55. The van der Waals surface area contributed by atoms with Gasteiger partial charge in [0.05, 0.1) is 13.2 Å². The first-order chi connectivity index (χ1) is 12.6. The van der Waals surface area contributed by atoms with Crippen molar-refractivity contribution in [2.45, 2.75) is 0 Å². The van der Waals surface area contributed by atoms with Crippen molar-refractivity contribution in [3.05, 3.63) is 0 Å². The number of hydrogen-bond donors (Lipinski definition) is 4. The van der Waals surface area contributed by atoms with Gasteiger partial charge in [-0.15, -0.1) is 0 Å². The predicted octanol–water partition coefficient (Wildman–Crippen LogP) is -0.833. The molecule has 0 aromatic carbocycles. The molecule has 0 radical (unpaired) electrons. The number of nitrogens with one attached hydrogen (secondary N) is 2. The Morgan fingerprint density at radius 1 is 0.692 bits per heavy atom. The van der Waals surface area contributed by atoms with Crippen molar-refractivity contribution in [3.8, 4) is 0 Å². The molecular formula is C14H28N6O2S4. The molecule has 0 aromatic heterocycles. The van der Waals surface area contributed by atoms with E-state index >= 15 is 0 Å². The van der Waals surface area contributed by atoms with Crippen LogP contribution in [0.25, 0.3) is 0 Å². The van der Waals surface area contributed by atoms with Gasteiger partial charge in [0.2, 0.25) is 0 Å². The molecule has 2 aliphatic heterocycles. The van der Waals surface area contributed by atoms with Gasteiger partial charge in [-0.3, -0.25) is 9.80 Å². The number of hydrogen-bond acceptors (Lipinski definition) is 10. The minimum absolute atomic E-state index is 0.208. The Balaban J connectivity index is 1.55. The molecule has 2 heterocycles. The maximum absolute atomic E-state index is 8.97. The highest BCUT2D eigenvalue weighted by Crippen LogP contribution is 2.23. The fraction of sp³-hybridized carbons (Fsp3) is 0.857. The molecule has 2 aliphatic rings. The fourth-order valence-corrected chi connectivity index (χ4v) is 4.85. The van der Waals surface area contributed by atoms with E-state index in [-0.39, 0.29) is 13.2 Å². The lowest BCUT2D eigenvalue weighted by atomic mass is 10.3. The predicted molar refractivity (Wildman–Crippen MR) is 117 cm³/mol. The zero-order chi connectivity index (χ0) is 18.8. The van der Waals surface area contributed by atoms with Crippen molar-refractivity contribution in [2.24, 2.45) is 0 Å². The summed E-state index contributed by atoms with van der Waals surface area (Å²) in [7, 11) is 2.91. The van der Waals surface area contributed by atoms with Gasteiger partial charge in [0, 0.05) is 65.4 Å². The fourth-order valence-electron chi connectivity index (χ4n) is 2.82. The second-order valence-electron chi connectivity index (χ2n) is 6.07. The SMILES string of the molecule is OCCN1CCN(NC(=S)SSC(=S)NN2CCN(CCO)CC2)CC1. The van der Waals surface area contributed by atoms with Crippen LogP contribution in [0.4, 0.5) is 0 Å². The molecule has 0 spiro atoms. The van der Waals surface area contributed by atoms with E-state index in [1.807, 2.05) is 0 Å². The highest BCUT2D eigenvalue weighted by Gasteiger charge is 2.19. The van der Waals surface area contributed by atoms with Gasteiger partial charge in [-0.2, -0.15) is 0 Å². The topological polar surface area (TPSA) is 77.5 Å². The number of rotatable bonds is 6. The van der Waals surface area contributed by atoms with Crippen molar-refractivity contribution in [3.63, 3.8) is 0 Å². The third-order valence-electron chi connectivity index (χ3n) is 4.27. The third kappa shape index (κ3) is 8.50. The van der Waals surface area contributed by atoms with E-state index in [0.29, 0.717) is 8.64 Å². The Morgan fingerprint density at radius 2 is 1.04 bits per heavy atom. The monoisotopic (exact) mass is 440 g/mol. The Morgan fingerprint density at radius 3 is 1.35 bits per heavy atom. The maximum atomic E-state index is 8.97. The van der Waals surface area contributed by atoms with Crippen LogP contribution in [0.2, 0.25) is 0 Å². The van der Waals surface area contributed by atoms with Gasteiger partial charge >= 0.3 is 0 Å². The van der Waals surface area contributed by atoms with Crippen LogP contribution in [0.3, 0.4) is 0 Å². The number of aliphatic hydroxyl groups excluding tert-OH is 2. The van der Waals surface area contributed by atoms with Gasteiger partial charge in [-0.25, -0.2) is 10.0 Å². The highest BCUT2D eigenvalue weighted by atomic mass is 33.1. The summed E-state index contributed by atoms with van der Waals surface area (Å²) in [5.41, 5.74) is 6.49. The zero-order valence-corrected chi connectivity index (χ0v) is 18.1. The van der Waals surface area contributed by atoms with E-state index in [1.54, 1.807) is 0 Å². The maximum Gasteiger partial charge on any atom is 0.159 e. The summed E-state index contributed by atoms with van der Waals surface area (Å²) < 4.78 is 1.39. The number of hydrazine groups is 2. The molecule has 150 valence electrons. The molecule has 0 aliphatic carbocycles. The Hall–Kier alpha value is 0.240. The largest absolute Gasteiger partial charge is 0.395 e. The standard InChI is InChI=1S/C14H28N6O2S4/c21-11-9-17-1-5-19(6-2-17)15-13(23)25-26-14(24)16-20-7-3-18(4-8-20)10-12-22/h21-22H,1-12H2,(H,15,23)(H,16,24). The minimum atomic E-state index is 0.208. The highest BCUT2D eigenvalue weighted by molar-refractivity contribution is 8.89. The summed E-state index contributed by atoms with van der Waals surface area (Å²) >= 11 is 10.8. The molecule has 0 unspecified atom stereocenters. The number of nitrogens with zero attached hydrogens (tertiary/aromatic N) is 4. The van der Waals surface area contributed by atoms with Crippen LogP contribution >= 0.6 is 46.0 Å². The molecule has 2 saturated heterocycles. The average molecular weight is 441 g/mol. The first kappa shape index (κ1) is 22.5.